The first kappa shape index (κ1) is 32.4. The van der Waals surface area contributed by atoms with Crippen LogP contribution in [0.5, 0.6) is 0 Å². The molecule has 0 bridgehead atoms. The molecule has 0 aromatic heterocycles. The molecule has 0 aliphatic carbocycles. The van der Waals surface area contributed by atoms with Gasteiger partial charge in [0, 0.05) is 28.7 Å². The molecule has 0 unspecified atom stereocenters. The average Bonchev–Trinajstić information content (AvgIpc) is 2.96. The van der Waals surface area contributed by atoms with E-state index in [4.69, 9.17) is 23.2 Å². The number of nitrogens with zero attached hydrogens (tertiary/aromatic N) is 2. The summed E-state index contributed by atoms with van der Waals surface area (Å²) in [6.45, 7) is 7.56. The van der Waals surface area contributed by atoms with Crippen molar-refractivity contribution in [1.29, 1.82) is 0 Å². The second-order valence-corrected chi connectivity index (χ2v) is 12.8. The fraction of sp³-hybridized carbons (Fsp3) is 0.355. The predicted octanol–water partition coefficient (Wildman–Crippen LogP) is 6.65. The molecule has 0 aliphatic heterocycles. The Kier molecular flexibility index (Phi) is 11.6. The van der Waals surface area contributed by atoms with Gasteiger partial charge in [-0.25, -0.2) is 8.42 Å². The minimum absolute atomic E-state index is 0.0480. The number of carbonyl (C=O) groups is 2. The predicted molar refractivity (Wildman–Crippen MR) is 166 cm³/mol. The van der Waals surface area contributed by atoms with Crippen molar-refractivity contribution in [2.75, 3.05) is 17.4 Å². The van der Waals surface area contributed by atoms with E-state index in [1.165, 1.54) is 17.0 Å². The number of unbranched alkanes of at least 4 members (excludes halogenated alkanes) is 1. The number of amides is 2. The number of sulfonamides is 1. The van der Waals surface area contributed by atoms with E-state index in [-0.39, 0.29) is 23.3 Å². The van der Waals surface area contributed by atoms with Gasteiger partial charge < -0.3 is 10.2 Å². The molecular formula is C31H37Cl2N3O4S. The maximum Gasteiger partial charge on any atom is 0.264 e. The van der Waals surface area contributed by atoms with Crippen molar-refractivity contribution in [3.05, 3.63) is 94.0 Å². The van der Waals surface area contributed by atoms with Crippen LogP contribution in [0.1, 0.15) is 57.6 Å². The summed E-state index contributed by atoms with van der Waals surface area (Å²) in [5.41, 5.74) is 1.84. The highest BCUT2D eigenvalue weighted by Gasteiger charge is 2.33. The van der Waals surface area contributed by atoms with Crippen molar-refractivity contribution in [2.24, 2.45) is 0 Å². The Morgan fingerprint density at radius 1 is 0.878 bits per heavy atom. The van der Waals surface area contributed by atoms with Crippen molar-refractivity contribution in [1.82, 2.24) is 10.2 Å². The van der Waals surface area contributed by atoms with Crippen molar-refractivity contribution < 1.29 is 18.0 Å². The summed E-state index contributed by atoms with van der Waals surface area (Å²) in [5.74, 6) is -0.687. The Bertz CT molecular complexity index is 1410. The van der Waals surface area contributed by atoms with E-state index in [2.05, 4.69) is 5.32 Å². The molecule has 3 aromatic carbocycles. The number of halogens is 2. The molecule has 10 heteroatoms. The van der Waals surface area contributed by atoms with Crippen LogP contribution in [-0.4, -0.2) is 44.3 Å². The zero-order valence-electron chi connectivity index (χ0n) is 23.8. The smallest absolute Gasteiger partial charge is 0.264 e. The maximum absolute atomic E-state index is 14.0. The number of carbonyl (C=O) groups excluding carboxylic acids is 2. The number of hydrogen-bond donors (Lipinski definition) is 1. The van der Waals surface area contributed by atoms with Crippen LogP contribution in [0.4, 0.5) is 5.69 Å². The van der Waals surface area contributed by atoms with Crippen molar-refractivity contribution >= 4 is 50.7 Å². The largest absolute Gasteiger partial charge is 0.354 e. The molecule has 0 saturated carbocycles. The average molecular weight is 619 g/mol. The molecule has 0 fully saturated rings. The van der Waals surface area contributed by atoms with E-state index in [1.54, 1.807) is 55.5 Å². The molecule has 0 heterocycles. The highest BCUT2D eigenvalue weighted by Crippen LogP contribution is 2.29. The van der Waals surface area contributed by atoms with Crippen molar-refractivity contribution in [3.8, 4) is 0 Å². The van der Waals surface area contributed by atoms with Crippen LogP contribution >= 0.6 is 23.2 Å². The van der Waals surface area contributed by atoms with Gasteiger partial charge in [0.2, 0.25) is 11.8 Å². The molecule has 1 atom stereocenters. The summed E-state index contributed by atoms with van der Waals surface area (Å²) in [6, 6.07) is 19.1. The van der Waals surface area contributed by atoms with Crippen LogP contribution in [0.2, 0.25) is 10.0 Å². The van der Waals surface area contributed by atoms with Crippen LogP contribution in [0.3, 0.4) is 0 Å². The van der Waals surface area contributed by atoms with Gasteiger partial charge in [0.15, 0.2) is 0 Å². The monoisotopic (exact) mass is 617 g/mol. The lowest BCUT2D eigenvalue weighted by atomic mass is 10.0. The Hall–Kier alpha value is -3.07. The lowest BCUT2D eigenvalue weighted by Gasteiger charge is -2.32. The Balaban J connectivity index is 2.04. The van der Waals surface area contributed by atoms with E-state index < -0.39 is 28.5 Å². The topological polar surface area (TPSA) is 86.8 Å². The molecule has 2 amide bonds. The molecule has 0 radical (unpaired) electrons. The third kappa shape index (κ3) is 8.24. The number of nitrogens with one attached hydrogen (secondary N) is 1. The van der Waals surface area contributed by atoms with Gasteiger partial charge in [0.25, 0.3) is 10.0 Å². The van der Waals surface area contributed by atoms with Crippen molar-refractivity contribution in [3.63, 3.8) is 0 Å². The van der Waals surface area contributed by atoms with Gasteiger partial charge in [-0.3, -0.25) is 13.9 Å². The summed E-state index contributed by atoms with van der Waals surface area (Å²) < 4.78 is 28.9. The summed E-state index contributed by atoms with van der Waals surface area (Å²) >= 11 is 12.9. The molecule has 0 aliphatic rings. The van der Waals surface area contributed by atoms with Gasteiger partial charge in [0.1, 0.15) is 12.6 Å². The fourth-order valence-corrected chi connectivity index (χ4v) is 6.20. The first-order valence-corrected chi connectivity index (χ1v) is 15.8. The fourth-order valence-electron chi connectivity index (χ4n) is 4.25. The summed E-state index contributed by atoms with van der Waals surface area (Å²) in [5, 5.41) is 3.54. The van der Waals surface area contributed by atoms with E-state index in [9.17, 15) is 18.0 Å². The Morgan fingerprint density at radius 3 is 2.05 bits per heavy atom. The molecule has 41 heavy (non-hydrogen) atoms. The second-order valence-electron chi connectivity index (χ2n) is 10.1. The number of rotatable bonds is 13. The van der Waals surface area contributed by atoms with Crippen LogP contribution in [0, 0.1) is 0 Å². The number of hydrogen-bond acceptors (Lipinski definition) is 4. The minimum atomic E-state index is -4.14. The van der Waals surface area contributed by atoms with E-state index >= 15 is 0 Å². The van der Waals surface area contributed by atoms with E-state index in [1.807, 2.05) is 32.9 Å². The zero-order chi connectivity index (χ0) is 30.2. The first-order valence-electron chi connectivity index (χ1n) is 13.6. The molecule has 0 saturated heterocycles. The van der Waals surface area contributed by atoms with Gasteiger partial charge in [-0.15, -0.1) is 0 Å². The number of anilines is 1. The normalized spacial score (nSPS) is 12.2. The van der Waals surface area contributed by atoms with Crippen LogP contribution in [-0.2, 0) is 26.2 Å². The quantitative estimate of drug-likeness (QED) is 0.218. The summed E-state index contributed by atoms with van der Waals surface area (Å²) in [4.78, 5) is 28.5. The van der Waals surface area contributed by atoms with Gasteiger partial charge in [-0.2, -0.15) is 0 Å². The van der Waals surface area contributed by atoms with Gasteiger partial charge in [-0.1, -0.05) is 86.8 Å². The minimum Gasteiger partial charge on any atom is -0.354 e. The van der Waals surface area contributed by atoms with Crippen molar-refractivity contribution in [2.45, 2.75) is 63.9 Å². The lowest BCUT2D eigenvalue weighted by molar-refractivity contribution is -0.139. The Labute approximate surface area is 253 Å². The van der Waals surface area contributed by atoms with Crippen LogP contribution in [0.25, 0.3) is 0 Å². The van der Waals surface area contributed by atoms with E-state index in [0.717, 1.165) is 22.7 Å². The lowest BCUT2D eigenvalue weighted by Crippen LogP contribution is -2.51. The third-order valence-electron chi connectivity index (χ3n) is 6.84. The van der Waals surface area contributed by atoms with Crippen LogP contribution < -0.4 is 9.62 Å². The first-order chi connectivity index (χ1) is 19.5. The number of benzene rings is 3. The highest BCUT2D eigenvalue weighted by molar-refractivity contribution is 7.92. The molecule has 7 nitrogen and oxygen atoms in total. The zero-order valence-corrected chi connectivity index (χ0v) is 26.1. The second kappa shape index (κ2) is 14.7. The van der Waals surface area contributed by atoms with E-state index in [0.29, 0.717) is 27.8 Å². The standard InChI is InChI=1S/C31H37Cl2N3O4S/c1-5-6-19-34-31(38)23(4)35(20-27-28(32)13-10-14-29(27)33)30(37)21-36(25-17-15-24(16-18-25)22(2)3)41(39,40)26-11-8-7-9-12-26/h7-18,22-23H,5-6,19-21H2,1-4H3,(H,34,38)/t23-/m1/s1. The third-order valence-corrected chi connectivity index (χ3v) is 9.34. The molecule has 220 valence electrons. The summed E-state index contributed by atoms with van der Waals surface area (Å²) in [6.07, 6.45) is 1.69. The van der Waals surface area contributed by atoms with Crippen LogP contribution in [0.15, 0.2) is 77.7 Å². The molecular weight excluding hydrogens is 581 g/mol. The highest BCUT2D eigenvalue weighted by atomic mass is 35.5. The van der Waals surface area contributed by atoms with Gasteiger partial charge >= 0.3 is 0 Å². The van der Waals surface area contributed by atoms with Gasteiger partial charge in [-0.05, 0) is 61.2 Å². The summed E-state index contributed by atoms with van der Waals surface area (Å²) in [7, 11) is -4.14. The SMILES string of the molecule is CCCCNC(=O)[C@@H](C)N(Cc1c(Cl)cccc1Cl)C(=O)CN(c1ccc(C(C)C)cc1)S(=O)(=O)c1ccccc1. The molecule has 0 spiro atoms. The molecule has 3 aromatic rings. The maximum atomic E-state index is 14.0. The molecule has 3 rings (SSSR count). The molecule has 1 N–H and O–H groups in total. The Morgan fingerprint density at radius 2 is 1.49 bits per heavy atom. The van der Waals surface area contributed by atoms with Gasteiger partial charge in [0.05, 0.1) is 10.6 Å².